The van der Waals surface area contributed by atoms with Crippen LogP contribution in [0.5, 0.6) is 0 Å². The molecule has 1 heterocycles. The third kappa shape index (κ3) is 4.42. The van der Waals surface area contributed by atoms with E-state index in [1.165, 1.54) is 0 Å². The highest BCUT2D eigenvalue weighted by atomic mass is 16.6. The lowest BCUT2D eigenvalue weighted by atomic mass is 10.2. The number of benzene rings is 1. The molecule has 0 unspecified atom stereocenters. The van der Waals surface area contributed by atoms with Crippen LogP contribution >= 0.6 is 0 Å². The van der Waals surface area contributed by atoms with Gasteiger partial charge in [0, 0.05) is 6.61 Å². The van der Waals surface area contributed by atoms with Crippen LogP contribution < -0.4 is 0 Å². The average molecular weight is 316 g/mol. The highest BCUT2D eigenvalue weighted by molar-refractivity contribution is 5.90. The Hall–Kier alpha value is -2.14. The fourth-order valence-corrected chi connectivity index (χ4v) is 2.27. The molecule has 0 aliphatic carbocycles. The second-order valence-electron chi connectivity index (χ2n) is 5.44. The molecule has 124 valence electrons. The van der Waals surface area contributed by atoms with Gasteiger partial charge >= 0.3 is 5.97 Å². The van der Waals surface area contributed by atoms with Crippen LogP contribution in [0.15, 0.2) is 30.5 Å². The number of rotatable bonds is 8. The minimum absolute atomic E-state index is 0.261. The maximum Gasteiger partial charge on any atom is 0.341 e. The largest absolute Gasteiger partial charge is 0.460 e. The van der Waals surface area contributed by atoms with E-state index in [0.717, 1.165) is 29.8 Å². The Morgan fingerprint density at radius 2 is 1.96 bits per heavy atom. The Morgan fingerprint density at radius 1 is 1.17 bits per heavy atom. The lowest BCUT2D eigenvalue weighted by Gasteiger charge is -2.08. The summed E-state index contributed by atoms with van der Waals surface area (Å²) in [5.41, 5.74) is 3.33. The van der Waals surface area contributed by atoms with Gasteiger partial charge in [-0.15, -0.1) is 0 Å². The molecule has 2 aromatic rings. The number of hydrogen-bond donors (Lipinski definition) is 0. The average Bonchev–Trinajstić information content (AvgIpc) is 2.92. The zero-order valence-corrected chi connectivity index (χ0v) is 14.0. The summed E-state index contributed by atoms with van der Waals surface area (Å²) in [6.07, 6.45) is 3.68. The summed E-state index contributed by atoms with van der Waals surface area (Å²) in [5, 5.41) is 4.32. The highest BCUT2D eigenvalue weighted by Crippen LogP contribution is 2.18. The molecule has 0 spiro atoms. The van der Waals surface area contributed by atoms with Crippen LogP contribution in [0.4, 0.5) is 0 Å². The summed E-state index contributed by atoms with van der Waals surface area (Å²) in [4.78, 5) is 12.2. The second-order valence-corrected chi connectivity index (χ2v) is 5.44. The van der Waals surface area contributed by atoms with Crippen molar-refractivity contribution in [2.24, 2.45) is 0 Å². The molecule has 0 N–H and O–H groups in total. The van der Waals surface area contributed by atoms with Gasteiger partial charge in [-0.3, -0.25) is 0 Å². The van der Waals surface area contributed by atoms with Crippen molar-refractivity contribution >= 4 is 5.97 Å². The molecule has 0 amide bonds. The minimum atomic E-state index is -0.360. The van der Waals surface area contributed by atoms with Gasteiger partial charge in [0.25, 0.3) is 0 Å². The van der Waals surface area contributed by atoms with E-state index in [2.05, 4.69) is 12.0 Å². The zero-order valence-electron chi connectivity index (χ0n) is 14.0. The van der Waals surface area contributed by atoms with Crippen LogP contribution in [0.1, 0.15) is 41.4 Å². The summed E-state index contributed by atoms with van der Waals surface area (Å²) >= 11 is 0. The molecule has 0 aliphatic heterocycles. The first-order valence-electron chi connectivity index (χ1n) is 8.00. The SMILES string of the molecule is CCCCOCCOC(=O)c1cnn(-c2ccccc2C)c1C. The molecule has 5 nitrogen and oxygen atoms in total. The molecule has 0 fully saturated rings. The Labute approximate surface area is 137 Å². The monoisotopic (exact) mass is 316 g/mol. The summed E-state index contributed by atoms with van der Waals surface area (Å²) in [6, 6.07) is 7.93. The number of nitrogens with zero attached hydrogens (tertiary/aromatic N) is 2. The van der Waals surface area contributed by atoms with Crippen LogP contribution in [0.25, 0.3) is 5.69 Å². The standard InChI is InChI=1S/C18H24N2O3/c1-4-5-10-22-11-12-23-18(21)16-13-19-20(15(16)3)17-9-7-6-8-14(17)2/h6-9,13H,4-5,10-12H2,1-3H3. The molecule has 2 rings (SSSR count). The molecular weight excluding hydrogens is 292 g/mol. The van der Waals surface area contributed by atoms with Crippen molar-refractivity contribution in [1.82, 2.24) is 9.78 Å². The lowest BCUT2D eigenvalue weighted by Crippen LogP contribution is -2.12. The van der Waals surface area contributed by atoms with Crippen molar-refractivity contribution in [3.63, 3.8) is 0 Å². The summed E-state index contributed by atoms with van der Waals surface area (Å²) in [7, 11) is 0. The number of para-hydroxylation sites is 1. The lowest BCUT2D eigenvalue weighted by molar-refractivity contribution is 0.0313. The Bertz CT molecular complexity index is 649. The normalized spacial score (nSPS) is 10.7. The van der Waals surface area contributed by atoms with Crippen LogP contribution in [0.3, 0.4) is 0 Å². The van der Waals surface area contributed by atoms with Gasteiger partial charge in [-0.25, -0.2) is 9.48 Å². The Morgan fingerprint density at radius 3 is 2.70 bits per heavy atom. The second kappa shape index (κ2) is 8.48. The van der Waals surface area contributed by atoms with E-state index in [1.54, 1.807) is 10.9 Å². The number of aryl methyl sites for hydroxylation is 1. The zero-order chi connectivity index (χ0) is 16.7. The quantitative estimate of drug-likeness (QED) is 0.553. The van der Waals surface area contributed by atoms with Gasteiger partial charge in [0.1, 0.15) is 12.2 Å². The van der Waals surface area contributed by atoms with Crippen molar-refractivity contribution in [3.05, 3.63) is 47.3 Å². The maximum atomic E-state index is 12.2. The topological polar surface area (TPSA) is 53.4 Å². The number of ether oxygens (including phenoxy) is 2. The fourth-order valence-electron chi connectivity index (χ4n) is 2.27. The first kappa shape index (κ1) is 17.2. The van der Waals surface area contributed by atoms with Crippen molar-refractivity contribution in [2.75, 3.05) is 19.8 Å². The van der Waals surface area contributed by atoms with Crippen molar-refractivity contribution in [1.29, 1.82) is 0 Å². The Kier molecular flexibility index (Phi) is 6.35. The number of esters is 1. The van der Waals surface area contributed by atoms with Crippen LogP contribution in [-0.4, -0.2) is 35.6 Å². The van der Waals surface area contributed by atoms with E-state index in [4.69, 9.17) is 9.47 Å². The van der Waals surface area contributed by atoms with Gasteiger partial charge in [0.2, 0.25) is 0 Å². The molecule has 23 heavy (non-hydrogen) atoms. The molecule has 0 aliphatic rings. The van der Waals surface area contributed by atoms with Gasteiger partial charge in [-0.05, 0) is 31.9 Å². The smallest absolute Gasteiger partial charge is 0.341 e. The van der Waals surface area contributed by atoms with Gasteiger partial charge in [-0.1, -0.05) is 31.5 Å². The van der Waals surface area contributed by atoms with Crippen LogP contribution in [0, 0.1) is 13.8 Å². The fraction of sp³-hybridized carbons (Fsp3) is 0.444. The molecule has 1 aromatic heterocycles. The van der Waals surface area contributed by atoms with E-state index in [9.17, 15) is 4.79 Å². The van der Waals surface area contributed by atoms with Crippen molar-refractivity contribution in [3.8, 4) is 5.69 Å². The molecule has 0 radical (unpaired) electrons. The third-order valence-corrected chi connectivity index (χ3v) is 3.68. The molecule has 5 heteroatoms. The molecule has 1 aromatic carbocycles. The van der Waals surface area contributed by atoms with Gasteiger partial charge in [-0.2, -0.15) is 5.10 Å². The number of carbonyl (C=O) groups is 1. The number of carbonyl (C=O) groups excluding carboxylic acids is 1. The molecule has 0 saturated heterocycles. The van der Waals surface area contributed by atoms with E-state index < -0.39 is 0 Å². The highest BCUT2D eigenvalue weighted by Gasteiger charge is 2.17. The van der Waals surface area contributed by atoms with Gasteiger partial charge in [0.15, 0.2) is 0 Å². The number of aromatic nitrogens is 2. The summed E-state index contributed by atoms with van der Waals surface area (Å²) < 4.78 is 12.4. The predicted octanol–water partition coefficient (Wildman–Crippen LogP) is 3.46. The van der Waals surface area contributed by atoms with E-state index >= 15 is 0 Å². The summed E-state index contributed by atoms with van der Waals surface area (Å²) in [5.74, 6) is -0.360. The molecule has 0 saturated carbocycles. The van der Waals surface area contributed by atoms with Crippen molar-refractivity contribution < 1.29 is 14.3 Å². The number of hydrogen-bond acceptors (Lipinski definition) is 4. The first-order valence-corrected chi connectivity index (χ1v) is 8.00. The first-order chi connectivity index (χ1) is 11.1. The third-order valence-electron chi connectivity index (χ3n) is 3.68. The summed E-state index contributed by atoms with van der Waals surface area (Å²) in [6.45, 7) is 7.39. The molecule has 0 atom stereocenters. The van der Waals surface area contributed by atoms with Crippen LogP contribution in [0.2, 0.25) is 0 Å². The predicted molar refractivity (Wildman–Crippen MR) is 89.0 cm³/mol. The van der Waals surface area contributed by atoms with Crippen LogP contribution in [-0.2, 0) is 9.47 Å². The van der Waals surface area contributed by atoms with Gasteiger partial charge < -0.3 is 9.47 Å². The van der Waals surface area contributed by atoms with E-state index in [1.807, 2.05) is 38.1 Å². The maximum absolute atomic E-state index is 12.2. The van der Waals surface area contributed by atoms with Crippen molar-refractivity contribution in [2.45, 2.75) is 33.6 Å². The molecular formula is C18H24N2O3. The molecule has 0 bridgehead atoms. The van der Waals surface area contributed by atoms with E-state index in [0.29, 0.717) is 18.8 Å². The van der Waals surface area contributed by atoms with E-state index in [-0.39, 0.29) is 12.6 Å². The Balaban J connectivity index is 1.96. The minimum Gasteiger partial charge on any atom is -0.460 e. The van der Waals surface area contributed by atoms with Gasteiger partial charge in [0.05, 0.1) is 24.2 Å². The number of unbranched alkanes of at least 4 members (excludes halogenated alkanes) is 1.